The van der Waals surface area contributed by atoms with E-state index in [2.05, 4.69) is 20.7 Å². The first-order valence-electron chi connectivity index (χ1n) is 13.0. The predicted octanol–water partition coefficient (Wildman–Crippen LogP) is 4.45. The second-order valence-electron chi connectivity index (χ2n) is 9.65. The summed E-state index contributed by atoms with van der Waals surface area (Å²) in [5.41, 5.74) is 6.72. The topological polar surface area (TPSA) is 92.2 Å². The summed E-state index contributed by atoms with van der Waals surface area (Å²) < 4.78 is 44.1. The molecule has 9 nitrogen and oxygen atoms in total. The Labute approximate surface area is 225 Å². The van der Waals surface area contributed by atoms with Gasteiger partial charge in [0.25, 0.3) is 0 Å². The van der Waals surface area contributed by atoms with E-state index in [1.807, 2.05) is 28.8 Å². The van der Waals surface area contributed by atoms with Gasteiger partial charge in [-0.1, -0.05) is 12.1 Å². The molecule has 1 aliphatic rings. The van der Waals surface area contributed by atoms with Gasteiger partial charge in [0, 0.05) is 37.6 Å². The number of anilines is 1. The molecule has 1 aliphatic heterocycles. The molecule has 1 saturated heterocycles. The number of rotatable bonds is 12. The lowest BCUT2D eigenvalue weighted by Crippen LogP contribution is -2.36. The number of aromatic nitrogens is 2. The first-order chi connectivity index (χ1) is 18.8. The summed E-state index contributed by atoms with van der Waals surface area (Å²) in [6.45, 7) is 3.82. The fraction of sp³-hybridized carbons (Fsp3) is 0.481. The predicted molar refractivity (Wildman–Crippen MR) is 142 cm³/mol. The van der Waals surface area contributed by atoms with Crippen LogP contribution in [0.2, 0.25) is 0 Å². The third-order valence-corrected chi connectivity index (χ3v) is 6.77. The second-order valence-corrected chi connectivity index (χ2v) is 9.65. The van der Waals surface area contributed by atoms with Crippen LogP contribution in [0.1, 0.15) is 24.8 Å². The Kier molecular flexibility index (Phi) is 10.2. The fourth-order valence-corrected chi connectivity index (χ4v) is 4.61. The normalized spacial score (nSPS) is 15.1. The molecule has 3 N–H and O–H groups in total. The number of hydrogen-bond donors (Lipinski definition) is 3. The molecule has 4 rings (SSSR count). The minimum Gasteiger partial charge on any atom is -0.383 e. The molecule has 2 amide bonds. The van der Waals surface area contributed by atoms with E-state index in [1.165, 1.54) is 12.8 Å². The van der Waals surface area contributed by atoms with Crippen molar-refractivity contribution in [3.8, 4) is 11.3 Å². The Morgan fingerprint density at radius 1 is 1.15 bits per heavy atom. The Morgan fingerprint density at radius 2 is 1.97 bits per heavy atom. The van der Waals surface area contributed by atoms with Crippen molar-refractivity contribution >= 4 is 17.4 Å². The van der Waals surface area contributed by atoms with Crippen LogP contribution in [0.4, 0.5) is 23.7 Å². The van der Waals surface area contributed by atoms with Crippen molar-refractivity contribution in [2.45, 2.75) is 32.0 Å². The number of fused-ring (bicyclic) bond motifs is 1. The Hall–Kier alpha value is -3.19. The molecule has 0 bridgehead atoms. The van der Waals surface area contributed by atoms with E-state index in [4.69, 9.17) is 9.57 Å². The molecular weight excluding hydrogens is 513 g/mol. The third kappa shape index (κ3) is 8.92. The van der Waals surface area contributed by atoms with Gasteiger partial charge in [-0.25, -0.2) is 9.78 Å². The van der Waals surface area contributed by atoms with Crippen LogP contribution in [0.25, 0.3) is 16.9 Å². The minimum atomic E-state index is -4.47. The quantitative estimate of drug-likeness (QED) is 0.229. The number of amides is 2. The Morgan fingerprint density at radius 3 is 2.74 bits per heavy atom. The number of piperidine rings is 1. The summed E-state index contributed by atoms with van der Waals surface area (Å²) in [6, 6.07) is 9.85. The number of imidazole rings is 1. The van der Waals surface area contributed by atoms with E-state index in [9.17, 15) is 18.0 Å². The summed E-state index contributed by atoms with van der Waals surface area (Å²) in [6.07, 6.45) is 2.56. The van der Waals surface area contributed by atoms with Gasteiger partial charge in [0.05, 0.1) is 25.1 Å². The number of ether oxygens (including phenoxy) is 1. The van der Waals surface area contributed by atoms with Crippen molar-refractivity contribution in [3.05, 3.63) is 54.4 Å². The highest BCUT2D eigenvalue weighted by molar-refractivity contribution is 5.90. The highest BCUT2D eigenvalue weighted by Crippen LogP contribution is 2.25. The second kappa shape index (κ2) is 13.7. The van der Waals surface area contributed by atoms with Gasteiger partial charge >= 0.3 is 12.2 Å². The Balaban J connectivity index is 1.24. The molecule has 0 aliphatic carbocycles. The molecule has 12 heteroatoms. The van der Waals surface area contributed by atoms with Gasteiger partial charge in [0.15, 0.2) is 0 Å². The van der Waals surface area contributed by atoms with Crippen LogP contribution in [0, 0.1) is 5.92 Å². The average molecular weight is 549 g/mol. The van der Waals surface area contributed by atoms with Gasteiger partial charge in [0.2, 0.25) is 0 Å². The van der Waals surface area contributed by atoms with Crippen LogP contribution in [-0.4, -0.2) is 73.0 Å². The summed E-state index contributed by atoms with van der Waals surface area (Å²) in [5.74, 6) is 0.688. The molecule has 2 aromatic heterocycles. The molecule has 0 atom stereocenters. The molecule has 3 heterocycles. The van der Waals surface area contributed by atoms with Crippen LogP contribution in [0.15, 0.2) is 48.8 Å². The number of hydroxylamine groups is 1. The maximum atomic E-state index is 12.3. The molecule has 0 radical (unpaired) electrons. The number of methoxy groups -OCH3 is 1. The number of alkyl halides is 3. The van der Waals surface area contributed by atoms with Crippen molar-refractivity contribution in [2.24, 2.45) is 5.92 Å². The number of carbonyl (C=O) groups is 1. The SMILES string of the molecule is COCCN1CCC(CCONCc2ccn3c(-c4cccc(NC(=O)NCC(F)(F)F)c4)cnc3c2)CC1. The molecule has 0 saturated carbocycles. The first-order valence-corrected chi connectivity index (χ1v) is 13.0. The molecule has 1 aromatic carbocycles. The summed E-state index contributed by atoms with van der Waals surface area (Å²) in [7, 11) is 1.74. The number of likely N-dealkylation sites (tertiary alicyclic amines) is 1. The van der Waals surface area contributed by atoms with Gasteiger partial charge in [0.1, 0.15) is 12.2 Å². The van der Waals surface area contributed by atoms with Gasteiger partial charge < -0.3 is 25.1 Å². The van der Waals surface area contributed by atoms with E-state index >= 15 is 0 Å². The zero-order chi connectivity index (χ0) is 27.7. The Bertz CT molecular complexity index is 1210. The van der Waals surface area contributed by atoms with Gasteiger partial charge in [-0.3, -0.25) is 4.40 Å². The number of carbonyl (C=O) groups excluding carboxylic acids is 1. The van der Waals surface area contributed by atoms with Crippen molar-refractivity contribution in [3.63, 3.8) is 0 Å². The molecular formula is C27H35F3N6O3. The van der Waals surface area contributed by atoms with Gasteiger partial charge in [-0.2, -0.15) is 18.7 Å². The molecule has 3 aromatic rings. The lowest BCUT2D eigenvalue weighted by Gasteiger charge is -2.31. The number of urea groups is 1. The molecule has 0 spiro atoms. The number of nitrogens with one attached hydrogen (secondary N) is 3. The summed E-state index contributed by atoms with van der Waals surface area (Å²) >= 11 is 0. The lowest BCUT2D eigenvalue weighted by atomic mass is 9.94. The first kappa shape index (κ1) is 28.8. The molecule has 212 valence electrons. The fourth-order valence-electron chi connectivity index (χ4n) is 4.61. The zero-order valence-corrected chi connectivity index (χ0v) is 22.0. The van der Waals surface area contributed by atoms with Crippen LogP contribution < -0.4 is 16.1 Å². The van der Waals surface area contributed by atoms with Crippen LogP contribution in [0.3, 0.4) is 0 Å². The highest BCUT2D eigenvalue weighted by atomic mass is 19.4. The van der Waals surface area contributed by atoms with E-state index < -0.39 is 18.8 Å². The van der Waals surface area contributed by atoms with Crippen molar-refractivity contribution in [2.75, 3.05) is 51.8 Å². The van der Waals surface area contributed by atoms with Crippen LogP contribution >= 0.6 is 0 Å². The highest BCUT2D eigenvalue weighted by Gasteiger charge is 2.27. The van der Waals surface area contributed by atoms with Gasteiger partial charge in [-0.15, -0.1) is 0 Å². The zero-order valence-electron chi connectivity index (χ0n) is 22.0. The van der Waals surface area contributed by atoms with Crippen molar-refractivity contribution in [1.82, 2.24) is 25.1 Å². The van der Waals surface area contributed by atoms with Crippen molar-refractivity contribution < 1.29 is 27.5 Å². The monoisotopic (exact) mass is 548 g/mol. The minimum absolute atomic E-state index is 0.372. The molecule has 1 fully saturated rings. The molecule has 39 heavy (non-hydrogen) atoms. The maximum absolute atomic E-state index is 12.3. The standard InChI is InChI=1S/C27H35F3N6O3/c1-38-14-12-35-9-5-20(6-10-35)8-13-39-33-17-21-7-11-36-24(18-31-25(36)15-21)22-3-2-4-23(16-22)34-26(37)32-19-27(28,29)30/h2-4,7,11,15-16,18,20,33H,5-6,8-10,12-14,17,19H2,1H3,(H2,32,34,37). The van der Waals surface area contributed by atoms with E-state index in [-0.39, 0.29) is 0 Å². The maximum Gasteiger partial charge on any atom is 0.405 e. The van der Waals surface area contributed by atoms with E-state index in [0.29, 0.717) is 24.8 Å². The molecule has 0 unspecified atom stereocenters. The third-order valence-electron chi connectivity index (χ3n) is 6.77. The smallest absolute Gasteiger partial charge is 0.383 e. The van der Waals surface area contributed by atoms with E-state index in [1.54, 1.807) is 36.8 Å². The number of hydrogen-bond acceptors (Lipinski definition) is 6. The number of pyridine rings is 1. The van der Waals surface area contributed by atoms with Gasteiger partial charge in [-0.05, 0) is 68.1 Å². The van der Waals surface area contributed by atoms with Crippen molar-refractivity contribution in [1.29, 1.82) is 0 Å². The number of nitrogens with zero attached hydrogens (tertiary/aromatic N) is 3. The lowest BCUT2D eigenvalue weighted by molar-refractivity contribution is -0.122. The summed E-state index contributed by atoms with van der Waals surface area (Å²) in [5, 5.41) is 4.22. The van der Waals surface area contributed by atoms with E-state index in [0.717, 1.165) is 55.1 Å². The average Bonchev–Trinajstić information content (AvgIpc) is 3.34. The number of halogens is 3. The number of benzene rings is 1. The van der Waals surface area contributed by atoms with Crippen LogP contribution in [0.5, 0.6) is 0 Å². The summed E-state index contributed by atoms with van der Waals surface area (Å²) in [4.78, 5) is 24.4. The largest absolute Gasteiger partial charge is 0.405 e. The van der Waals surface area contributed by atoms with Crippen LogP contribution in [-0.2, 0) is 16.1 Å².